The maximum absolute atomic E-state index is 12.4. The van der Waals surface area contributed by atoms with Crippen LogP contribution in [-0.4, -0.2) is 65.7 Å². The Morgan fingerprint density at radius 3 is 2.35 bits per heavy atom. The molecule has 10 heteroatoms. The topological polar surface area (TPSA) is 141 Å². The van der Waals surface area contributed by atoms with E-state index >= 15 is 0 Å². The normalized spacial score (nSPS) is 19.0. The standard InChI is InChI=1S/C16H20N2O7S/c1-26(24,25)18-8-2-3-13(18)14(19)17-12(16(22)23)9-10-4-6-11(7-5-10)15(20)21/h4-7,12-13H,2-3,8-9H2,1H3,(H,17,19)(H,20,21)(H,22,23)/t12-,13-/m0/s1. The molecule has 0 bridgehead atoms. The molecule has 1 aromatic carbocycles. The third kappa shape index (κ3) is 4.79. The highest BCUT2D eigenvalue weighted by atomic mass is 32.2. The fraction of sp³-hybridized carbons (Fsp3) is 0.438. The molecule has 26 heavy (non-hydrogen) atoms. The number of amides is 1. The Kier molecular flexibility index (Phi) is 5.98. The second-order valence-electron chi connectivity index (χ2n) is 6.14. The lowest BCUT2D eigenvalue weighted by molar-refractivity contribution is -0.142. The highest BCUT2D eigenvalue weighted by Crippen LogP contribution is 2.20. The number of carbonyl (C=O) groups excluding carboxylic acids is 1. The average Bonchev–Trinajstić information content (AvgIpc) is 3.04. The molecule has 0 radical (unpaired) electrons. The van der Waals surface area contributed by atoms with E-state index in [-0.39, 0.29) is 18.5 Å². The highest BCUT2D eigenvalue weighted by molar-refractivity contribution is 7.88. The number of carboxylic acid groups (broad SMARTS) is 2. The van der Waals surface area contributed by atoms with Gasteiger partial charge in [0.1, 0.15) is 12.1 Å². The summed E-state index contributed by atoms with van der Waals surface area (Å²) in [6.07, 6.45) is 1.82. The Morgan fingerprint density at radius 2 is 1.85 bits per heavy atom. The summed E-state index contributed by atoms with van der Waals surface area (Å²) < 4.78 is 24.5. The summed E-state index contributed by atoms with van der Waals surface area (Å²) in [5.41, 5.74) is 0.605. The first-order valence-electron chi connectivity index (χ1n) is 7.92. The van der Waals surface area contributed by atoms with Crippen LogP contribution in [0.3, 0.4) is 0 Å². The highest BCUT2D eigenvalue weighted by Gasteiger charge is 2.37. The van der Waals surface area contributed by atoms with Gasteiger partial charge in [-0.1, -0.05) is 12.1 Å². The van der Waals surface area contributed by atoms with Crippen molar-refractivity contribution < 1.29 is 33.0 Å². The van der Waals surface area contributed by atoms with E-state index < -0.39 is 40.0 Å². The Hall–Kier alpha value is -2.46. The molecule has 1 aliphatic heterocycles. The fourth-order valence-electron chi connectivity index (χ4n) is 2.89. The van der Waals surface area contributed by atoms with Crippen LogP contribution in [0.2, 0.25) is 0 Å². The minimum Gasteiger partial charge on any atom is -0.480 e. The molecule has 1 aromatic rings. The van der Waals surface area contributed by atoms with Crippen molar-refractivity contribution in [2.24, 2.45) is 0 Å². The number of nitrogens with zero attached hydrogens (tertiary/aromatic N) is 1. The molecule has 0 spiro atoms. The van der Waals surface area contributed by atoms with E-state index in [0.717, 1.165) is 10.6 Å². The Labute approximate surface area is 150 Å². The van der Waals surface area contributed by atoms with Gasteiger partial charge in [0.2, 0.25) is 15.9 Å². The summed E-state index contributed by atoms with van der Waals surface area (Å²) in [4.78, 5) is 34.7. The van der Waals surface area contributed by atoms with Gasteiger partial charge in [0, 0.05) is 13.0 Å². The quantitative estimate of drug-likeness (QED) is 0.597. The van der Waals surface area contributed by atoms with E-state index in [1.54, 1.807) is 0 Å². The summed E-state index contributed by atoms with van der Waals surface area (Å²) in [5, 5.41) is 20.6. The van der Waals surface area contributed by atoms with Gasteiger partial charge in [-0.2, -0.15) is 4.31 Å². The number of aliphatic carboxylic acids is 1. The van der Waals surface area contributed by atoms with Gasteiger partial charge in [0.05, 0.1) is 11.8 Å². The van der Waals surface area contributed by atoms with Gasteiger partial charge in [-0.3, -0.25) is 4.79 Å². The molecule has 0 saturated carbocycles. The fourth-order valence-corrected chi connectivity index (χ4v) is 4.01. The maximum atomic E-state index is 12.4. The van der Waals surface area contributed by atoms with Gasteiger partial charge in [-0.15, -0.1) is 0 Å². The van der Waals surface area contributed by atoms with Crippen LogP contribution in [0.4, 0.5) is 0 Å². The molecule has 0 aliphatic carbocycles. The van der Waals surface area contributed by atoms with Gasteiger partial charge >= 0.3 is 11.9 Å². The van der Waals surface area contributed by atoms with Crippen molar-refractivity contribution in [2.45, 2.75) is 31.3 Å². The van der Waals surface area contributed by atoms with Crippen LogP contribution >= 0.6 is 0 Å². The molecule has 2 atom stereocenters. The summed E-state index contributed by atoms with van der Waals surface area (Å²) in [7, 11) is -3.56. The van der Waals surface area contributed by atoms with Gasteiger partial charge in [-0.25, -0.2) is 18.0 Å². The Morgan fingerprint density at radius 1 is 1.23 bits per heavy atom. The van der Waals surface area contributed by atoms with Crippen LogP contribution in [-0.2, 0) is 26.0 Å². The first-order chi connectivity index (χ1) is 12.1. The molecule has 1 fully saturated rings. The summed E-state index contributed by atoms with van der Waals surface area (Å²) >= 11 is 0. The van der Waals surface area contributed by atoms with Gasteiger partial charge in [-0.05, 0) is 30.5 Å². The zero-order chi connectivity index (χ0) is 19.5. The van der Waals surface area contributed by atoms with E-state index in [0.29, 0.717) is 18.4 Å². The molecular weight excluding hydrogens is 364 g/mol. The van der Waals surface area contributed by atoms with Gasteiger partial charge in [0.25, 0.3) is 0 Å². The Balaban J connectivity index is 2.09. The van der Waals surface area contributed by atoms with Crippen molar-refractivity contribution in [1.29, 1.82) is 0 Å². The van der Waals surface area contributed by atoms with Crippen LogP contribution in [0.5, 0.6) is 0 Å². The van der Waals surface area contributed by atoms with Crippen molar-refractivity contribution in [3.8, 4) is 0 Å². The van der Waals surface area contributed by atoms with Crippen molar-refractivity contribution in [2.75, 3.05) is 12.8 Å². The van der Waals surface area contributed by atoms with Crippen molar-refractivity contribution in [3.05, 3.63) is 35.4 Å². The molecule has 142 valence electrons. The lowest BCUT2D eigenvalue weighted by Gasteiger charge is -2.23. The predicted octanol–water partition coefficient (Wildman–Crippen LogP) is -0.0793. The van der Waals surface area contributed by atoms with Crippen molar-refractivity contribution in [3.63, 3.8) is 0 Å². The molecular formula is C16H20N2O7S. The molecule has 3 N–H and O–H groups in total. The Bertz CT molecular complexity index is 804. The monoisotopic (exact) mass is 384 g/mol. The van der Waals surface area contributed by atoms with Crippen molar-refractivity contribution >= 4 is 27.9 Å². The zero-order valence-electron chi connectivity index (χ0n) is 14.1. The van der Waals surface area contributed by atoms with E-state index in [9.17, 15) is 27.9 Å². The largest absolute Gasteiger partial charge is 0.480 e. The molecule has 0 unspecified atom stereocenters. The summed E-state index contributed by atoms with van der Waals surface area (Å²) in [5.74, 6) is -3.01. The third-order valence-corrected chi connectivity index (χ3v) is 5.48. The number of hydrogen-bond acceptors (Lipinski definition) is 5. The minimum absolute atomic E-state index is 0.0490. The summed E-state index contributed by atoms with van der Waals surface area (Å²) in [6, 6.07) is 3.48. The van der Waals surface area contributed by atoms with Crippen molar-refractivity contribution in [1.82, 2.24) is 9.62 Å². The molecule has 1 amide bonds. The zero-order valence-corrected chi connectivity index (χ0v) is 14.9. The van der Waals surface area contributed by atoms with Gasteiger partial charge in [0.15, 0.2) is 0 Å². The number of sulfonamides is 1. The molecule has 1 heterocycles. The number of nitrogens with one attached hydrogen (secondary N) is 1. The first-order valence-corrected chi connectivity index (χ1v) is 9.76. The molecule has 0 aromatic heterocycles. The predicted molar refractivity (Wildman–Crippen MR) is 91.2 cm³/mol. The first kappa shape index (κ1) is 19.9. The number of hydrogen-bond donors (Lipinski definition) is 3. The van der Waals surface area contributed by atoms with Crippen LogP contribution in [0.25, 0.3) is 0 Å². The SMILES string of the molecule is CS(=O)(=O)N1CCC[C@H]1C(=O)N[C@@H](Cc1ccc(C(=O)O)cc1)C(=O)O. The lowest BCUT2D eigenvalue weighted by Crippen LogP contribution is -2.51. The molecule has 1 saturated heterocycles. The summed E-state index contributed by atoms with van der Waals surface area (Å²) in [6.45, 7) is 0.227. The number of carboxylic acids is 2. The van der Waals surface area contributed by atoms with Crippen LogP contribution in [0, 0.1) is 0 Å². The van der Waals surface area contributed by atoms with E-state index in [2.05, 4.69) is 5.32 Å². The number of aromatic carboxylic acids is 1. The van der Waals surface area contributed by atoms with E-state index in [1.165, 1.54) is 24.3 Å². The number of benzene rings is 1. The van der Waals surface area contributed by atoms with Crippen LogP contribution in [0.1, 0.15) is 28.8 Å². The molecule has 2 rings (SSSR count). The number of rotatable bonds is 7. The maximum Gasteiger partial charge on any atom is 0.335 e. The number of carbonyl (C=O) groups is 3. The second kappa shape index (κ2) is 7.83. The second-order valence-corrected chi connectivity index (χ2v) is 8.07. The molecule has 1 aliphatic rings. The average molecular weight is 384 g/mol. The lowest BCUT2D eigenvalue weighted by atomic mass is 10.0. The smallest absolute Gasteiger partial charge is 0.335 e. The van der Waals surface area contributed by atoms with E-state index in [1.807, 2.05) is 0 Å². The van der Waals surface area contributed by atoms with E-state index in [4.69, 9.17) is 5.11 Å². The molecule has 9 nitrogen and oxygen atoms in total. The van der Waals surface area contributed by atoms with Crippen LogP contribution < -0.4 is 5.32 Å². The van der Waals surface area contributed by atoms with Gasteiger partial charge < -0.3 is 15.5 Å². The third-order valence-electron chi connectivity index (χ3n) is 4.19. The minimum atomic E-state index is -3.56. The van der Waals surface area contributed by atoms with Crippen LogP contribution in [0.15, 0.2) is 24.3 Å².